The Kier molecular flexibility index (Phi) is 4.49. The summed E-state index contributed by atoms with van der Waals surface area (Å²) in [6.07, 6.45) is 4.19. The van der Waals surface area contributed by atoms with Gasteiger partial charge in [0.1, 0.15) is 16.6 Å². The molecule has 1 aliphatic carbocycles. The third-order valence-electron chi connectivity index (χ3n) is 4.30. The van der Waals surface area contributed by atoms with E-state index in [0.717, 1.165) is 40.6 Å². The van der Waals surface area contributed by atoms with Gasteiger partial charge in [0.05, 0.1) is 11.3 Å². The van der Waals surface area contributed by atoms with Crippen molar-refractivity contribution in [1.82, 2.24) is 9.97 Å². The number of hydrogen-bond donors (Lipinski definition) is 1. The fraction of sp³-hybridized carbons (Fsp3) is 0.389. The smallest absolute Gasteiger partial charge is 0.262 e. The van der Waals surface area contributed by atoms with E-state index in [1.54, 1.807) is 30.1 Å². The maximum atomic E-state index is 13.0. The Morgan fingerprint density at radius 3 is 2.58 bits per heavy atom. The molecule has 2 aromatic rings. The third kappa shape index (κ3) is 3.11. The van der Waals surface area contributed by atoms with Crippen molar-refractivity contribution in [2.45, 2.75) is 37.6 Å². The van der Waals surface area contributed by atoms with E-state index >= 15 is 0 Å². The molecular formula is C18H21N3O2S. The first-order valence-corrected chi connectivity index (χ1v) is 9.15. The molecule has 0 unspecified atom stereocenters. The molecule has 1 aromatic heterocycles. The number of carbonyl (C=O) groups is 1. The minimum Gasteiger partial charge on any atom is -0.508 e. The van der Waals surface area contributed by atoms with Crippen LogP contribution >= 0.6 is 11.8 Å². The SMILES string of the molecule is CSc1nc(C2CC2)nc(C)c1C(=O)N(C)c1ccc(O)c(C)c1. The van der Waals surface area contributed by atoms with Crippen LogP contribution in [0.15, 0.2) is 23.2 Å². The van der Waals surface area contributed by atoms with Crippen LogP contribution in [0.1, 0.15) is 46.2 Å². The van der Waals surface area contributed by atoms with E-state index in [-0.39, 0.29) is 11.7 Å². The van der Waals surface area contributed by atoms with Gasteiger partial charge in [0.25, 0.3) is 5.91 Å². The molecular weight excluding hydrogens is 322 g/mol. The number of aromatic nitrogens is 2. The average Bonchev–Trinajstić information content (AvgIpc) is 3.40. The lowest BCUT2D eigenvalue weighted by Gasteiger charge is -2.20. The number of anilines is 1. The van der Waals surface area contributed by atoms with Crippen LogP contribution in [-0.4, -0.2) is 34.3 Å². The van der Waals surface area contributed by atoms with Crippen molar-refractivity contribution in [2.24, 2.45) is 0 Å². The van der Waals surface area contributed by atoms with Crippen LogP contribution in [-0.2, 0) is 0 Å². The highest BCUT2D eigenvalue weighted by atomic mass is 32.2. The van der Waals surface area contributed by atoms with Crippen molar-refractivity contribution in [3.63, 3.8) is 0 Å². The van der Waals surface area contributed by atoms with Crippen LogP contribution in [0.25, 0.3) is 0 Å². The molecule has 0 bridgehead atoms. The standard InChI is InChI=1S/C18H21N3O2S/c1-10-9-13(7-8-14(10)22)21(3)18(23)15-11(2)19-16(12-5-6-12)20-17(15)24-4/h7-9,12,22H,5-6H2,1-4H3. The Morgan fingerprint density at radius 2 is 2.00 bits per heavy atom. The quantitative estimate of drug-likeness (QED) is 0.678. The number of benzene rings is 1. The molecule has 1 aromatic carbocycles. The number of aryl methyl sites for hydroxylation is 2. The molecule has 126 valence electrons. The molecule has 1 N–H and O–H groups in total. The Labute approximate surface area is 146 Å². The van der Waals surface area contributed by atoms with Gasteiger partial charge in [-0.25, -0.2) is 9.97 Å². The Morgan fingerprint density at radius 1 is 1.29 bits per heavy atom. The van der Waals surface area contributed by atoms with Gasteiger partial charge in [0.2, 0.25) is 0 Å². The first-order chi connectivity index (χ1) is 11.4. The van der Waals surface area contributed by atoms with Gasteiger partial charge < -0.3 is 10.0 Å². The van der Waals surface area contributed by atoms with E-state index in [1.807, 2.05) is 20.1 Å². The lowest BCUT2D eigenvalue weighted by molar-refractivity contribution is 0.0988. The molecule has 6 heteroatoms. The highest BCUT2D eigenvalue weighted by Crippen LogP contribution is 2.39. The van der Waals surface area contributed by atoms with Crippen molar-refractivity contribution < 1.29 is 9.90 Å². The van der Waals surface area contributed by atoms with Crippen LogP contribution in [0.5, 0.6) is 5.75 Å². The number of aromatic hydroxyl groups is 1. The summed E-state index contributed by atoms with van der Waals surface area (Å²) in [5, 5.41) is 10.4. The van der Waals surface area contributed by atoms with E-state index < -0.39 is 0 Å². The fourth-order valence-electron chi connectivity index (χ4n) is 2.62. The zero-order valence-corrected chi connectivity index (χ0v) is 15.1. The Bertz CT molecular complexity index is 803. The third-order valence-corrected chi connectivity index (χ3v) is 4.98. The van der Waals surface area contributed by atoms with Gasteiger partial charge in [-0.2, -0.15) is 0 Å². The molecule has 1 amide bonds. The predicted octanol–water partition coefficient (Wildman–Crippen LogP) is 3.67. The van der Waals surface area contributed by atoms with Crippen LogP contribution in [0.3, 0.4) is 0 Å². The lowest BCUT2D eigenvalue weighted by Crippen LogP contribution is -2.28. The van der Waals surface area contributed by atoms with E-state index in [0.29, 0.717) is 11.5 Å². The van der Waals surface area contributed by atoms with Gasteiger partial charge in [-0.3, -0.25) is 4.79 Å². The predicted molar refractivity (Wildman–Crippen MR) is 96.1 cm³/mol. The number of thioether (sulfide) groups is 1. The van der Waals surface area contributed by atoms with Gasteiger partial charge >= 0.3 is 0 Å². The van der Waals surface area contributed by atoms with E-state index in [1.165, 1.54) is 11.8 Å². The van der Waals surface area contributed by atoms with Crippen molar-refractivity contribution in [3.8, 4) is 5.75 Å². The second-order valence-corrected chi connectivity index (χ2v) is 6.96. The summed E-state index contributed by atoms with van der Waals surface area (Å²) in [6, 6.07) is 5.12. The van der Waals surface area contributed by atoms with Gasteiger partial charge in [0.15, 0.2) is 0 Å². The van der Waals surface area contributed by atoms with Crippen LogP contribution in [0.4, 0.5) is 5.69 Å². The van der Waals surface area contributed by atoms with E-state index in [9.17, 15) is 9.90 Å². The number of nitrogens with zero attached hydrogens (tertiary/aromatic N) is 3. The number of carbonyl (C=O) groups excluding carboxylic acids is 1. The topological polar surface area (TPSA) is 66.3 Å². The summed E-state index contributed by atoms with van der Waals surface area (Å²) in [6.45, 7) is 3.68. The average molecular weight is 343 g/mol. The summed E-state index contributed by atoms with van der Waals surface area (Å²) in [7, 11) is 1.73. The van der Waals surface area contributed by atoms with Crippen molar-refractivity contribution >= 4 is 23.4 Å². The summed E-state index contributed by atoms with van der Waals surface area (Å²) in [4.78, 5) is 23.8. The molecule has 3 rings (SSSR count). The molecule has 1 heterocycles. The zero-order valence-electron chi connectivity index (χ0n) is 14.3. The molecule has 0 radical (unpaired) electrons. The summed E-state index contributed by atoms with van der Waals surface area (Å²) >= 11 is 1.48. The molecule has 0 atom stereocenters. The molecule has 0 saturated heterocycles. The van der Waals surface area contributed by atoms with E-state index in [2.05, 4.69) is 9.97 Å². The first-order valence-electron chi connectivity index (χ1n) is 7.92. The number of phenolic OH excluding ortho intramolecular Hbond substituents is 1. The summed E-state index contributed by atoms with van der Waals surface area (Å²) in [5.74, 6) is 1.40. The number of amides is 1. The van der Waals surface area contributed by atoms with Gasteiger partial charge in [-0.05, 0) is 56.7 Å². The van der Waals surface area contributed by atoms with Crippen molar-refractivity contribution in [3.05, 3.63) is 40.8 Å². The molecule has 24 heavy (non-hydrogen) atoms. The molecule has 0 spiro atoms. The summed E-state index contributed by atoms with van der Waals surface area (Å²) in [5.41, 5.74) is 2.74. The number of rotatable bonds is 4. The van der Waals surface area contributed by atoms with Gasteiger partial charge in [-0.1, -0.05) is 0 Å². The largest absolute Gasteiger partial charge is 0.508 e. The maximum Gasteiger partial charge on any atom is 0.262 e. The van der Waals surface area contributed by atoms with Crippen LogP contribution in [0, 0.1) is 13.8 Å². The van der Waals surface area contributed by atoms with Crippen LogP contribution in [0.2, 0.25) is 0 Å². The second kappa shape index (κ2) is 6.43. The maximum absolute atomic E-state index is 13.0. The lowest BCUT2D eigenvalue weighted by atomic mass is 10.1. The summed E-state index contributed by atoms with van der Waals surface area (Å²) < 4.78 is 0. The molecule has 1 saturated carbocycles. The zero-order chi connectivity index (χ0) is 17.4. The van der Waals surface area contributed by atoms with Crippen molar-refractivity contribution in [1.29, 1.82) is 0 Å². The van der Waals surface area contributed by atoms with Crippen LogP contribution < -0.4 is 4.90 Å². The minimum absolute atomic E-state index is 0.135. The Hall–Kier alpha value is -2.08. The fourth-order valence-corrected chi connectivity index (χ4v) is 3.24. The monoisotopic (exact) mass is 343 g/mol. The van der Waals surface area contributed by atoms with Gasteiger partial charge in [-0.15, -0.1) is 11.8 Å². The molecule has 5 nitrogen and oxygen atoms in total. The number of phenols is 1. The molecule has 0 aliphatic heterocycles. The number of hydrogen-bond acceptors (Lipinski definition) is 5. The van der Waals surface area contributed by atoms with Gasteiger partial charge in [0, 0.05) is 18.7 Å². The normalized spacial score (nSPS) is 13.8. The van der Waals surface area contributed by atoms with Crippen molar-refractivity contribution in [2.75, 3.05) is 18.2 Å². The van der Waals surface area contributed by atoms with E-state index in [4.69, 9.17) is 0 Å². The highest BCUT2D eigenvalue weighted by molar-refractivity contribution is 7.98. The Balaban J connectivity index is 1.97. The highest BCUT2D eigenvalue weighted by Gasteiger charge is 2.30. The molecule has 1 aliphatic rings. The molecule has 1 fully saturated rings. The second-order valence-electron chi connectivity index (χ2n) is 6.16. The minimum atomic E-state index is -0.135. The first kappa shape index (κ1) is 16.8.